The smallest absolute Gasteiger partial charge is 0.255 e. The minimum Gasteiger partial charge on any atom is -0.372 e. The van der Waals surface area contributed by atoms with Gasteiger partial charge in [0.1, 0.15) is 11.6 Å². The fraction of sp³-hybridized carbons (Fsp3) is 0.571. The summed E-state index contributed by atoms with van der Waals surface area (Å²) in [5.74, 6) is 0.811. The Kier molecular flexibility index (Phi) is 4.35. The first-order valence-corrected chi connectivity index (χ1v) is 6.73. The Morgan fingerprint density at radius 3 is 2.95 bits per heavy atom. The van der Waals surface area contributed by atoms with Crippen molar-refractivity contribution >= 4 is 11.7 Å². The van der Waals surface area contributed by atoms with Crippen LogP contribution in [0.1, 0.15) is 36.5 Å². The molecule has 104 valence electrons. The monoisotopic (exact) mass is 265 g/mol. The molecule has 2 N–H and O–H groups in total. The topological polar surface area (TPSA) is 54.0 Å². The number of rotatable bonds is 4. The van der Waals surface area contributed by atoms with E-state index in [0.29, 0.717) is 24.2 Å². The number of aromatic nitrogens is 1. The van der Waals surface area contributed by atoms with Crippen LogP contribution in [0.2, 0.25) is 0 Å². The van der Waals surface area contributed by atoms with Gasteiger partial charge in [-0.2, -0.15) is 0 Å². The van der Waals surface area contributed by atoms with Crippen molar-refractivity contribution in [2.24, 2.45) is 11.8 Å². The molecule has 1 amide bonds. The quantitative estimate of drug-likeness (QED) is 0.879. The molecule has 2 atom stereocenters. The molecular formula is C14H20FN3O. The van der Waals surface area contributed by atoms with Crippen LogP contribution in [0.15, 0.2) is 12.3 Å². The second-order valence-electron chi connectivity index (χ2n) is 5.18. The highest BCUT2D eigenvalue weighted by Crippen LogP contribution is 2.30. The van der Waals surface area contributed by atoms with Crippen molar-refractivity contribution in [3.8, 4) is 0 Å². The maximum absolute atomic E-state index is 13.2. The molecule has 19 heavy (non-hydrogen) atoms. The summed E-state index contributed by atoms with van der Waals surface area (Å²) in [5.41, 5.74) is 0.258. The van der Waals surface area contributed by atoms with Crippen LogP contribution in [0.4, 0.5) is 10.2 Å². The van der Waals surface area contributed by atoms with Gasteiger partial charge >= 0.3 is 0 Å². The average Bonchev–Trinajstić information content (AvgIpc) is 2.81. The predicted molar refractivity (Wildman–Crippen MR) is 72.6 cm³/mol. The number of amides is 1. The third-order valence-electron chi connectivity index (χ3n) is 3.90. The van der Waals surface area contributed by atoms with Crippen LogP contribution in [0.5, 0.6) is 0 Å². The number of hydrogen-bond donors (Lipinski definition) is 2. The summed E-state index contributed by atoms with van der Waals surface area (Å²) in [6.45, 7) is 2.87. The van der Waals surface area contributed by atoms with E-state index >= 15 is 0 Å². The van der Waals surface area contributed by atoms with Gasteiger partial charge in [0.05, 0.1) is 11.8 Å². The molecule has 1 aliphatic rings. The highest BCUT2D eigenvalue weighted by Gasteiger charge is 2.24. The first kappa shape index (κ1) is 13.8. The minimum atomic E-state index is -0.501. The number of pyridine rings is 1. The number of nitrogens with one attached hydrogen (secondary N) is 2. The van der Waals surface area contributed by atoms with Crippen LogP contribution in [-0.4, -0.2) is 24.5 Å². The van der Waals surface area contributed by atoms with Gasteiger partial charge in [0.2, 0.25) is 0 Å². The Hall–Kier alpha value is -1.65. The normalized spacial score (nSPS) is 22.3. The Labute approximate surface area is 112 Å². The Morgan fingerprint density at radius 1 is 1.53 bits per heavy atom. The van der Waals surface area contributed by atoms with Gasteiger partial charge in [-0.1, -0.05) is 19.8 Å². The van der Waals surface area contributed by atoms with Crippen LogP contribution < -0.4 is 10.6 Å². The molecule has 1 fully saturated rings. The van der Waals surface area contributed by atoms with Gasteiger partial charge in [0.15, 0.2) is 0 Å². The van der Waals surface area contributed by atoms with Crippen molar-refractivity contribution in [3.63, 3.8) is 0 Å². The molecule has 1 aromatic heterocycles. The zero-order valence-electron chi connectivity index (χ0n) is 11.4. The zero-order chi connectivity index (χ0) is 13.8. The van der Waals surface area contributed by atoms with Crippen LogP contribution in [-0.2, 0) is 0 Å². The molecule has 0 spiro atoms. The third kappa shape index (κ3) is 3.22. The summed E-state index contributed by atoms with van der Waals surface area (Å²) in [4.78, 5) is 15.9. The highest BCUT2D eigenvalue weighted by molar-refractivity contribution is 5.98. The molecule has 1 aliphatic carbocycles. The molecule has 0 aliphatic heterocycles. The van der Waals surface area contributed by atoms with E-state index in [1.165, 1.54) is 18.9 Å². The second-order valence-corrected chi connectivity index (χ2v) is 5.18. The lowest BCUT2D eigenvalue weighted by Gasteiger charge is -2.16. The molecule has 1 saturated carbocycles. The molecule has 4 nitrogen and oxygen atoms in total. The van der Waals surface area contributed by atoms with E-state index in [2.05, 4.69) is 22.5 Å². The molecule has 2 rings (SSSR count). The molecule has 2 unspecified atom stereocenters. The maximum Gasteiger partial charge on any atom is 0.255 e. The molecule has 0 bridgehead atoms. The van der Waals surface area contributed by atoms with Gasteiger partial charge in [0, 0.05) is 13.6 Å². The average molecular weight is 265 g/mol. The van der Waals surface area contributed by atoms with Crippen molar-refractivity contribution in [2.75, 3.05) is 18.9 Å². The van der Waals surface area contributed by atoms with E-state index in [-0.39, 0.29) is 11.5 Å². The van der Waals surface area contributed by atoms with Gasteiger partial charge in [-0.3, -0.25) is 4.79 Å². The first-order valence-electron chi connectivity index (χ1n) is 6.73. The van der Waals surface area contributed by atoms with Crippen LogP contribution in [0.3, 0.4) is 0 Å². The summed E-state index contributed by atoms with van der Waals surface area (Å²) < 4.78 is 13.2. The number of halogens is 1. The van der Waals surface area contributed by atoms with Crippen molar-refractivity contribution in [2.45, 2.75) is 26.2 Å². The molecular weight excluding hydrogens is 245 g/mol. The summed E-state index contributed by atoms with van der Waals surface area (Å²) in [6, 6.07) is 1.21. The second kappa shape index (κ2) is 5.99. The molecule has 0 aromatic carbocycles. The fourth-order valence-corrected chi connectivity index (χ4v) is 2.66. The maximum atomic E-state index is 13.2. The summed E-state index contributed by atoms with van der Waals surface area (Å²) in [7, 11) is 1.66. The summed E-state index contributed by atoms with van der Waals surface area (Å²) in [6.07, 6.45) is 4.71. The minimum absolute atomic E-state index is 0.258. The lowest BCUT2D eigenvalue weighted by atomic mass is 9.98. The SMILES string of the molecule is CNc1ncc(F)cc1C(=O)NCC1CCCC1C. The van der Waals surface area contributed by atoms with Crippen LogP contribution in [0.25, 0.3) is 0 Å². The highest BCUT2D eigenvalue weighted by atomic mass is 19.1. The molecule has 0 saturated heterocycles. The van der Waals surface area contributed by atoms with Crippen molar-refractivity contribution in [1.29, 1.82) is 0 Å². The third-order valence-corrected chi connectivity index (χ3v) is 3.90. The first-order chi connectivity index (χ1) is 9.11. The Balaban J connectivity index is 2.01. The van der Waals surface area contributed by atoms with Crippen molar-refractivity contribution < 1.29 is 9.18 Å². The van der Waals surface area contributed by atoms with Gasteiger partial charge in [-0.15, -0.1) is 0 Å². The zero-order valence-corrected chi connectivity index (χ0v) is 11.4. The van der Waals surface area contributed by atoms with Crippen molar-refractivity contribution in [3.05, 3.63) is 23.6 Å². The van der Waals surface area contributed by atoms with E-state index in [9.17, 15) is 9.18 Å². The molecule has 1 aromatic rings. The lowest BCUT2D eigenvalue weighted by Crippen LogP contribution is -2.31. The predicted octanol–water partition coefficient (Wildman–Crippen LogP) is 2.43. The number of carbonyl (C=O) groups is 1. The summed E-state index contributed by atoms with van der Waals surface area (Å²) >= 11 is 0. The lowest BCUT2D eigenvalue weighted by molar-refractivity contribution is 0.0944. The van der Waals surface area contributed by atoms with E-state index in [1.807, 2.05) is 0 Å². The number of nitrogens with zero attached hydrogens (tertiary/aromatic N) is 1. The number of hydrogen-bond acceptors (Lipinski definition) is 3. The van der Waals surface area contributed by atoms with Crippen LogP contribution >= 0.6 is 0 Å². The fourth-order valence-electron chi connectivity index (χ4n) is 2.66. The van der Waals surface area contributed by atoms with Gasteiger partial charge in [-0.25, -0.2) is 9.37 Å². The van der Waals surface area contributed by atoms with E-state index < -0.39 is 5.82 Å². The van der Waals surface area contributed by atoms with Gasteiger partial charge < -0.3 is 10.6 Å². The van der Waals surface area contributed by atoms with Gasteiger partial charge in [-0.05, 0) is 24.3 Å². The van der Waals surface area contributed by atoms with Gasteiger partial charge in [0.25, 0.3) is 5.91 Å². The largest absolute Gasteiger partial charge is 0.372 e. The number of anilines is 1. The van der Waals surface area contributed by atoms with E-state index in [1.54, 1.807) is 7.05 Å². The Morgan fingerprint density at radius 2 is 2.32 bits per heavy atom. The molecule has 5 heteroatoms. The van der Waals surface area contributed by atoms with Crippen molar-refractivity contribution in [1.82, 2.24) is 10.3 Å². The Bertz CT molecular complexity index is 464. The standard InChI is InChI=1S/C14H20FN3O/c1-9-4-3-5-10(9)7-18-14(19)12-6-11(15)8-17-13(12)16-2/h6,8-10H,3-5,7H2,1-2H3,(H,16,17)(H,18,19). The van der Waals surface area contributed by atoms with Crippen LogP contribution in [0, 0.1) is 17.7 Å². The van der Waals surface area contributed by atoms with E-state index in [0.717, 1.165) is 12.6 Å². The molecule has 0 radical (unpaired) electrons. The molecule has 1 heterocycles. The van der Waals surface area contributed by atoms with E-state index in [4.69, 9.17) is 0 Å². The number of carbonyl (C=O) groups excluding carboxylic acids is 1. The summed E-state index contributed by atoms with van der Waals surface area (Å²) in [5, 5.41) is 5.69.